The van der Waals surface area contributed by atoms with Crippen LogP contribution in [-0.4, -0.2) is 19.1 Å². The van der Waals surface area contributed by atoms with Gasteiger partial charge in [-0.25, -0.2) is 9.97 Å². The van der Waals surface area contributed by atoms with E-state index in [1.54, 1.807) is 0 Å². The summed E-state index contributed by atoms with van der Waals surface area (Å²) in [5.74, 6) is 0.540. The van der Waals surface area contributed by atoms with E-state index in [4.69, 9.17) is 4.98 Å². The van der Waals surface area contributed by atoms with Gasteiger partial charge in [0.1, 0.15) is 6.07 Å². The van der Waals surface area contributed by atoms with Gasteiger partial charge in [0.15, 0.2) is 11.5 Å². The van der Waals surface area contributed by atoms with Crippen molar-refractivity contribution >= 4 is 65.3 Å². The van der Waals surface area contributed by atoms with Crippen LogP contribution in [0.4, 0.5) is 0 Å². The molecule has 0 amide bonds. The minimum Gasteiger partial charge on any atom is -0.309 e. The maximum absolute atomic E-state index is 9.82. The Bertz CT molecular complexity index is 3340. The van der Waals surface area contributed by atoms with Gasteiger partial charge in [-0.2, -0.15) is 5.26 Å². The lowest BCUT2D eigenvalue weighted by molar-refractivity contribution is 1.17. The number of rotatable bonds is 4. The predicted octanol–water partition coefficient (Wildman–Crippen LogP) is 12.2. The van der Waals surface area contributed by atoms with Crippen LogP contribution in [0.3, 0.4) is 0 Å². The van der Waals surface area contributed by atoms with Crippen molar-refractivity contribution < 1.29 is 0 Å². The Morgan fingerprint density at radius 3 is 1.89 bits per heavy atom. The van der Waals surface area contributed by atoms with E-state index in [0.29, 0.717) is 11.5 Å². The summed E-state index contributed by atoms with van der Waals surface area (Å²) in [6, 6.07) is 64.4. The number of aromatic nitrogens is 4. The highest BCUT2D eigenvalue weighted by atomic mass is 15.0. The van der Waals surface area contributed by atoms with E-state index in [1.165, 1.54) is 48.9 Å². The van der Waals surface area contributed by atoms with E-state index < -0.39 is 0 Å². The van der Waals surface area contributed by atoms with Crippen molar-refractivity contribution in [3.8, 4) is 40.0 Å². The molecule has 11 aromatic rings. The molecule has 0 aliphatic rings. The van der Waals surface area contributed by atoms with Crippen LogP contribution >= 0.6 is 0 Å². The van der Waals surface area contributed by atoms with Gasteiger partial charge in [0, 0.05) is 43.9 Å². The standard InChI is InChI=1S/C49H29N5/c50-30-43-40-13-3-6-16-42(40)51-49(52-43)32-21-24-35(25-22-32)53-45-18-8-5-14-41(45)48-37(15-9-19-46(48)53)34-23-27-39-38-12-4-7-17-44(38)54(47(39)29-34)36-26-20-31-10-1-2-11-33(31)28-36/h1-29H. The second kappa shape index (κ2) is 11.7. The van der Waals surface area contributed by atoms with Gasteiger partial charge in [0.2, 0.25) is 0 Å². The number of nitrogens with zero attached hydrogens (tertiary/aromatic N) is 5. The highest BCUT2D eigenvalue weighted by Gasteiger charge is 2.19. The fourth-order valence-electron chi connectivity index (χ4n) is 8.32. The van der Waals surface area contributed by atoms with Gasteiger partial charge < -0.3 is 9.13 Å². The summed E-state index contributed by atoms with van der Waals surface area (Å²) in [5, 5.41) is 17.9. The van der Waals surface area contributed by atoms with E-state index >= 15 is 0 Å². The molecule has 5 heteroatoms. The lowest BCUT2D eigenvalue weighted by atomic mass is 9.98. The lowest BCUT2D eigenvalue weighted by Gasteiger charge is -2.12. The molecule has 3 aromatic heterocycles. The Balaban J connectivity index is 1.09. The van der Waals surface area contributed by atoms with Crippen LogP contribution in [0.15, 0.2) is 176 Å². The van der Waals surface area contributed by atoms with Crippen LogP contribution in [0.25, 0.3) is 99.2 Å². The normalized spacial score (nSPS) is 11.7. The highest BCUT2D eigenvalue weighted by molar-refractivity contribution is 6.17. The first-order valence-corrected chi connectivity index (χ1v) is 18.1. The van der Waals surface area contributed by atoms with Gasteiger partial charge in [-0.1, -0.05) is 103 Å². The van der Waals surface area contributed by atoms with Gasteiger partial charge >= 0.3 is 0 Å². The fraction of sp³-hybridized carbons (Fsp3) is 0. The third-order valence-electron chi connectivity index (χ3n) is 10.8. The van der Waals surface area contributed by atoms with Crippen LogP contribution < -0.4 is 0 Å². The van der Waals surface area contributed by atoms with Crippen LogP contribution in [0.1, 0.15) is 5.69 Å². The second-order valence-electron chi connectivity index (χ2n) is 13.7. The third kappa shape index (κ3) is 4.51. The second-order valence-corrected chi connectivity index (χ2v) is 13.7. The van der Waals surface area contributed by atoms with Gasteiger partial charge in [-0.05, 0) is 94.7 Å². The molecule has 0 aliphatic carbocycles. The molecule has 0 saturated heterocycles. The molecular weight excluding hydrogens is 659 g/mol. The number of para-hydroxylation sites is 3. The zero-order valence-electron chi connectivity index (χ0n) is 29.0. The topological polar surface area (TPSA) is 59.4 Å². The monoisotopic (exact) mass is 687 g/mol. The van der Waals surface area contributed by atoms with Crippen molar-refractivity contribution in [1.82, 2.24) is 19.1 Å². The summed E-state index contributed by atoms with van der Waals surface area (Å²) in [6.07, 6.45) is 0. The molecule has 0 spiro atoms. The van der Waals surface area contributed by atoms with E-state index in [-0.39, 0.29) is 0 Å². The Morgan fingerprint density at radius 2 is 1.06 bits per heavy atom. The Kier molecular flexibility index (Phi) is 6.55. The summed E-state index contributed by atoms with van der Waals surface area (Å²) in [7, 11) is 0. The molecule has 250 valence electrons. The van der Waals surface area contributed by atoms with E-state index in [1.807, 2.05) is 36.4 Å². The molecule has 3 heterocycles. The molecule has 54 heavy (non-hydrogen) atoms. The molecule has 0 radical (unpaired) electrons. The van der Waals surface area contributed by atoms with Crippen molar-refractivity contribution in [2.24, 2.45) is 0 Å². The first-order chi connectivity index (χ1) is 26.7. The molecule has 0 unspecified atom stereocenters. The predicted molar refractivity (Wildman–Crippen MR) is 221 cm³/mol. The number of hydrogen-bond acceptors (Lipinski definition) is 3. The number of benzene rings is 8. The average molecular weight is 688 g/mol. The molecular formula is C49H29N5. The quantitative estimate of drug-likeness (QED) is 0.185. The number of fused-ring (bicyclic) bond motifs is 8. The maximum Gasteiger partial charge on any atom is 0.161 e. The van der Waals surface area contributed by atoms with Gasteiger partial charge in [-0.3, -0.25) is 0 Å². The number of nitriles is 1. The highest BCUT2D eigenvalue weighted by Crippen LogP contribution is 2.41. The van der Waals surface area contributed by atoms with Crippen molar-refractivity contribution in [2.45, 2.75) is 0 Å². The largest absolute Gasteiger partial charge is 0.309 e. The molecule has 0 bridgehead atoms. The molecule has 11 rings (SSSR count). The molecule has 0 saturated carbocycles. The summed E-state index contributed by atoms with van der Waals surface area (Å²) < 4.78 is 4.74. The fourth-order valence-corrected chi connectivity index (χ4v) is 8.32. The Labute approximate surface area is 310 Å². The Hall–Kier alpha value is -7.55. The van der Waals surface area contributed by atoms with Crippen LogP contribution in [0, 0.1) is 11.3 Å². The average Bonchev–Trinajstić information content (AvgIpc) is 3.76. The van der Waals surface area contributed by atoms with Crippen LogP contribution in [0.5, 0.6) is 0 Å². The van der Waals surface area contributed by atoms with Gasteiger partial charge in [0.05, 0.1) is 27.6 Å². The van der Waals surface area contributed by atoms with Crippen molar-refractivity contribution in [2.75, 3.05) is 0 Å². The first-order valence-electron chi connectivity index (χ1n) is 18.1. The van der Waals surface area contributed by atoms with Crippen molar-refractivity contribution in [1.29, 1.82) is 5.26 Å². The minimum absolute atomic E-state index is 0.380. The van der Waals surface area contributed by atoms with E-state index in [9.17, 15) is 5.26 Å². The first kappa shape index (κ1) is 30.1. The maximum atomic E-state index is 9.82. The number of hydrogen-bond donors (Lipinski definition) is 0. The molecule has 0 fully saturated rings. The zero-order chi connectivity index (χ0) is 35.8. The molecule has 0 atom stereocenters. The van der Waals surface area contributed by atoms with Crippen molar-refractivity contribution in [3.63, 3.8) is 0 Å². The summed E-state index contributed by atoms with van der Waals surface area (Å²) >= 11 is 0. The van der Waals surface area contributed by atoms with Crippen LogP contribution in [-0.2, 0) is 0 Å². The zero-order valence-corrected chi connectivity index (χ0v) is 29.0. The lowest BCUT2D eigenvalue weighted by Crippen LogP contribution is -1.97. The van der Waals surface area contributed by atoms with E-state index in [2.05, 4.69) is 160 Å². The summed E-state index contributed by atoms with van der Waals surface area (Å²) in [4.78, 5) is 9.42. The SMILES string of the molecule is N#Cc1nc(-c2ccc(-n3c4ccccc4c4c(-c5ccc6c7ccccc7n(-c7ccc8ccccc8c7)c6c5)cccc43)cc2)nc2ccccc12. The smallest absolute Gasteiger partial charge is 0.161 e. The minimum atomic E-state index is 0.380. The summed E-state index contributed by atoms with van der Waals surface area (Å²) in [5.41, 5.74) is 11.2. The van der Waals surface area contributed by atoms with Crippen molar-refractivity contribution in [3.05, 3.63) is 182 Å². The molecule has 0 aliphatic heterocycles. The summed E-state index contributed by atoms with van der Waals surface area (Å²) in [6.45, 7) is 0. The van der Waals surface area contributed by atoms with Gasteiger partial charge in [-0.15, -0.1) is 0 Å². The molecule has 5 nitrogen and oxygen atoms in total. The Morgan fingerprint density at radius 1 is 0.426 bits per heavy atom. The molecule has 8 aromatic carbocycles. The third-order valence-corrected chi connectivity index (χ3v) is 10.8. The molecule has 0 N–H and O–H groups in total. The van der Waals surface area contributed by atoms with E-state index in [0.717, 1.165) is 44.4 Å². The van der Waals surface area contributed by atoms with Crippen LogP contribution in [0.2, 0.25) is 0 Å². The van der Waals surface area contributed by atoms with Gasteiger partial charge in [0.25, 0.3) is 0 Å².